The number of carbonyl (C=O) groups is 1. The van der Waals surface area contributed by atoms with E-state index in [1.54, 1.807) is 36.2 Å². The van der Waals surface area contributed by atoms with E-state index in [0.29, 0.717) is 12.3 Å². The summed E-state index contributed by atoms with van der Waals surface area (Å²) >= 11 is 0. The number of amides is 1. The molecule has 0 aliphatic heterocycles. The van der Waals surface area contributed by atoms with Gasteiger partial charge < -0.3 is 15.7 Å². The van der Waals surface area contributed by atoms with E-state index < -0.39 is 6.04 Å². The maximum absolute atomic E-state index is 12.1. The fraction of sp³-hybridized carbons (Fsp3) is 0.533. The molecule has 1 amide bonds. The number of aromatic hydroxyl groups is 1. The Hall–Kier alpha value is -1.55. The predicted octanol–water partition coefficient (Wildman–Crippen LogP) is 1.77. The van der Waals surface area contributed by atoms with Gasteiger partial charge in [0.2, 0.25) is 5.91 Å². The average molecular weight is 264 g/mol. The van der Waals surface area contributed by atoms with Crippen molar-refractivity contribution >= 4 is 5.91 Å². The van der Waals surface area contributed by atoms with Gasteiger partial charge in [-0.2, -0.15) is 0 Å². The van der Waals surface area contributed by atoms with Crippen molar-refractivity contribution in [2.45, 2.75) is 32.7 Å². The first-order valence-corrected chi connectivity index (χ1v) is 6.68. The highest BCUT2D eigenvalue weighted by atomic mass is 16.3. The fourth-order valence-corrected chi connectivity index (χ4v) is 1.82. The van der Waals surface area contributed by atoms with E-state index >= 15 is 0 Å². The van der Waals surface area contributed by atoms with Gasteiger partial charge in [-0.15, -0.1) is 0 Å². The third-order valence-corrected chi connectivity index (χ3v) is 3.13. The van der Waals surface area contributed by atoms with E-state index in [2.05, 4.69) is 13.8 Å². The first-order chi connectivity index (χ1) is 8.90. The second-order valence-electron chi connectivity index (χ2n) is 5.42. The number of hydrogen-bond acceptors (Lipinski definition) is 3. The van der Waals surface area contributed by atoms with Crippen LogP contribution in [0.5, 0.6) is 5.75 Å². The zero-order valence-corrected chi connectivity index (χ0v) is 12.0. The van der Waals surface area contributed by atoms with Gasteiger partial charge in [-0.1, -0.05) is 26.0 Å². The second-order valence-corrected chi connectivity index (χ2v) is 5.42. The maximum atomic E-state index is 12.1. The Labute approximate surface area is 115 Å². The van der Waals surface area contributed by atoms with Crippen LogP contribution in [0.1, 0.15) is 25.8 Å². The minimum Gasteiger partial charge on any atom is -0.508 e. The molecule has 1 unspecified atom stereocenters. The largest absolute Gasteiger partial charge is 0.508 e. The number of phenols is 1. The highest BCUT2D eigenvalue weighted by Gasteiger charge is 2.18. The molecule has 0 aliphatic carbocycles. The minimum atomic E-state index is -0.526. The average Bonchev–Trinajstić information content (AvgIpc) is 2.37. The Morgan fingerprint density at radius 3 is 2.42 bits per heavy atom. The van der Waals surface area contributed by atoms with Crippen LogP contribution in [0.15, 0.2) is 24.3 Å². The summed E-state index contributed by atoms with van der Waals surface area (Å²) in [5.74, 6) is 0.759. The van der Waals surface area contributed by atoms with E-state index in [1.165, 1.54) is 0 Å². The standard InChI is InChI=1S/C15H24N2O2/c1-11(2)8-9-17(3)15(19)14(16)10-12-4-6-13(18)7-5-12/h4-7,11,14,18H,8-10,16H2,1-3H3. The first-order valence-electron chi connectivity index (χ1n) is 6.68. The topological polar surface area (TPSA) is 66.6 Å². The van der Waals surface area contributed by atoms with E-state index in [-0.39, 0.29) is 11.7 Å². The van der Waals surface area contributed by atoms with Crippen molar-refractivity contribution in [1.82, 2.24) is 4.90 Å². The smallest absolute Gasteiger partial charge is 0.239 e. The van der Waals surface area contributed by atoms with E-state index in [0.717, 1.165) is 18.5 Å². The van der Waals surface area contributed by atoms with Gasteiger partial charge in [-0.25, -0.2) is 0 Å². The van der Waals surface area contributed by atoms with Crippen LogP contribution >= 0.6 is 0 Å². The van der Waals surface area contributed by atoms with Crippen LogP contribution in [0.3, 0.4) is 0 Å². The molecule has 0 bridgehead atoms. The van der Waals surface area contributed by atoms with Gasteiger partial charge in [0.15, 0.2) is 0 Å². The monoisotopic (exact) mass is 264 g/mol. The number of likely N-dealkylation sites (N-methyl/N-ethyl adjacent to an activating group) is 1. The molecule has 0 aliphatic rings. The van der Waals surface area contributed by atoms with Gasteiger partial charge in [0, 0.05) is 13.6 Å². The van der Waals surface area contributed by atoms with Crippen LogP contribution in [0.25, 0.3) is 0 Å². The van der Waals surface area contributed by atoms with Crippen molar-refractivity contribution in [2.75, 3.05) is 13.6 Å². The Kier molecular flexibility index (Phi) is 5.83. The summed E-state index contributed by atoms with van der Waals surface area (Å²) in [6.07, 6.45) is 1.47. The number of hydrogen-bond donors (Lipinski definition) is 2. The summed E-state index contributed by atoms with van der Waals surface area (Å²) in [6.45, 7) is 5.00. The third-order valence-electron chi connectivity index (χ3n) is 3.13. The van der Waals surface area contributed by atoms with Gasteiger partial charge in [-0.05, 0) is 36.5 Å². The molecule has 0 spiro atoms. The number of rotatable bonds is 6. The van der Waals surface area contributed by atoms with Crippen LogP contribution in [0.4, 0.5) is 0 Å². The molecule has 106 valence electrons. The molecule has 1 aromatic rings. The second kappa shape index (κ2) is 7.14. The molecule has 3 N–H and O–H groups in total. The molecular formula is C15H24N2O2. The molecule has 0 radical (unpaired) electrons. The van der Waals surface area contributed by atoms with E-state index in [4.69, 9.17) is 5.73 Å². The molecule has 1 aromatic carbocycles. The summed E-state index contributed by atoms with van der Waals surface area (Å²) in [7, 11) is 1.79. The molecular weight excluding hydrogens is 240 g/mol. The predicted molar refractivity (Wildman–Crippen MR) is 76.9 cm³/mol. The Morgan fingerprint density at radius 1 is 1.32 bits per heavy atom. The van der Waals surface area contributed by atoms with Gasteiger partial charge in [0.1, 0.15) is 5.75 Å². The number of phenolic OH excluding ortho intramolecular Hbond substituents is 1. The highest BCUT2D eigenvalue weighted by molar-refractivity contribution is 5.81. The zero-order valence-electron chi connectivity index (χ0n) is 12.0. The number of nitrogens with two attached hydrogens (primary N) is 1. The molecule has 0 aromatic heterocycles. The SMILES string of the molecule is CC(C)CCN(C)C(=O)C(N)Cc1ccc(O)cc1. The number of nitrogens with zero attached hydrogens (tertiary/aromatic N) is 1. The molecule has 0 heterocycles. The lowest BCUT2D eigenvalue weighted by Gasteiger charge is -2.22. The summed E-state index contributed by atoms with van der Waals surface area (Å²) in [4.78, 5) is 13.8. The van der Waals surface area contributed by atoms with Crippen molar-refractivity contribution in [1.29, 1.82) is 0 Å². The van der Waals surface area contributed by atoms with Crippen molar-refractivity contribution < 1.29 is 9.90 Å². The fourth-order valence-electron chi connectivity index (χ4n) is 1.82. The normalized spacial score (nSPS) is 12.5. The van der Waals surface area contributed by atoms with Crippen LogP contribution in [0.2, 0.25) is 0 Å². The van der Waals surface area contributed by atoms with Gasteiger partial charge in [-0.3, -0.25) is 4.79 Å². The zero-order chi connectivity index (χ0) is 14.4. The molecule has 19 heavy (non-hydrogen) atoms. The lowest BCUT2D eigenvalue weighted by Crippen LogP contribution is -2.43. The number of benzene rings is 1. The van der Waals surface area contributed by atoms with Gasteiger partial charge in [0.25, 0.3) is 0 Å². The van der Waals surface area contributed by atoms with Crippen LogP contribution in [-0.2, 0) is 11.2 Å². The molecule has 0 fully saturated rings. The van der Waals surface area contributed by atoms with E-state index in [9.17, 15) is 9.90 Å². The maximum Gasteiger partial charge on any atom is 0.239 e. The Morgan fingerprint density at radius 2 is 1.89 bits per heavy atom. The highest BCUT2D eigenvalue weighted by Crippen LogP contribution is 2.11. The Bertz CT molecular complexity index is 401. The van der Waals surface area contributed by atoms with E-state index in [1.807, 2.05) is 0 Å². The van der Waals surface area contributed by atoms with Crippen LogP contribution in [-0.4, -0.2) is 35.5 Å². The quantitative estimate of drug-likeness (QED) is 0.823. The first kappa shape index (κ1) is 15.5. The molecule has 4 heteroatoms. The summed E-state index contributed by atoms with van der Waals surface area (Å²) in [5, 5.41) is 9.20. The lowest BCUT2D eigenvalue weighted by molar-refractivity contribution is -0.131. The third kappa shape index (κ3) is 5.30. The molecule has 0 saturated carbocycles. The van der Waals surface area contributed by atoms with Crippen molar-refractivity contribution in [3.05, 3.63) is 29.8 Å². The summed E-state index contributed by atoms with van der Waals surface area (Å²) < 4.78 is 0. The number of carbonyl (C=O) groups excluding carboxylic acids is 1. The minimum absolute atomic E-state index is 0.0336. The molecule has 4 nitrogen and oxygen atoms in total. The van der Waals surface area contributed by atoms with Gasteiger partial charge in [0.05, 0.1) is 6.04 Å². The van der Waals surface area contributed by atoms with Crippen LogP contribution < -0.4 is 5.73 Å². The molecule has 1 rings (SSSR count). The lowest BCUT2D eigenvalue weighted by atomic mass is 10.0. The van der Waals surface area contributed by atoms with Crippen molar-refractivity contribution in [3.63, 3.8) is 0 Å². The van der Waals surface area contributed by atoms with Gasteiger partial charge >= 0.3 is 0 Å². The Balaban J connectivity index is 2.50. The molecule has 1 atom stereocenters. The van der Waals surface area contributed by atoms with Crippen molar-refractivity contribution in [2.24, 2.45) is 11.7 Å². The summed E-state index contributed by atoms with van der Waals surface area (Å²) in [5.41, 5.74) is 6.90. The van der Waals surface area contributed by atoms with Crippen molar-refractivity contribution in [3.8, 4) is 5.75 Å². The van der Waals surface area contributed by atoms with Crippen LogP contribution in [0, 0.1) is 5.92 Å². The summed E-state index contributed by atoms with van der Waals surface area (Å²) in [6, 6.07) is 6.26. The molecule has 0 saturated heterocycles.